The lowest BCUT2D eigenvalue weighted by Crippen LogP contribution is -2.07. The lowest BCUT2D eigenvalue weighted by molar-refractivity contribution is 0.424. The molecule has 0 aliphatic heterocycles. The second kappa shape index (κ2) is 3.77. The molecule has 0 aliphatic carbocycles. The van der Waals surface area contributed by atoms with Crippen molar-refractivity contribution in [3.8, 4) is 5.75 Å². The van der Waals surface area contributed by atoms with Crippen molar-refractivity contribution in [2.45, 2.75) is 6.04 Å². The molecule has 4 heteroatoms. The van der Waals surface area contributed by atoms with E-state index in [1.165, 1.54) is 18.2 Å². The van der Waals surface area contributed by atoms with Crippen molar-refractivity contribution in [2.75, 3.05) is 0 Å². The molecule has 0 aliphatic rings. The summed E-state index contributed by atoms with van der Waals surface area (Å²) in [6.45, 7) is 3.44. The van der Waals surface area contributed by atoms with Crippen LogP contribution in [0.3, 0.4) is 0 Å². The van der Waals surface area contributed by atoms with Crippen LogP contribution in [0.5, 0.6) is 5.75 Å². The number of aromatic hydroxyl groups is 1. The molecule has 2 nitrogen and oxygen atoms in total. The van der Waals surface area contributed by atoms with Crippen molar-refractivity contribution in [1.82, 2.24) is 0 Å². The molecule has 3 N–H and O–H groups in total. The van der Waals surface area contributed by atoms with Crippen LogP contribution in [0.25, 0.3) is 0 Å². The predicted molar refractivity (Wildman–Crippen MR) is 50.2 cm³/mol. The fourth-order valence-corrected chi connectivity index (χ4v) is 1.10. The lowest BCUT2D eigenvalue weighted by Gasteiger charge is -2.09. The van der Waals surface area contributed by atoms with Crippen LogP contribution in [0.4, 0.5) is 4.39 Å². The highest BCUT2D eigenvalue weighted by molar-refractivity contribution is 6.30. The van der Waals surface area contributed by atoms with Gasteiger partial charge < -0.3 is 10.8 Å². The van der Waals surface area contributed by atoms with Gasteiger partial charge in [0, 0.05) is 5.56 Å². The van der Waals surface area contributed by atoms with Gasteiger partial charge >= 0.3 is 0 Å². The van der Waals surface area contributed by atoms with Gasteiger partial charge in [0.05, 0.1) is 11.1 Å². The molecule has 1 atom stereocenters. The van der Waals surface area contributed by atoms with E-state index in [1.807, 2.05) is 0 Å². The van der Waals surface area contributed by atoms with Gasteiger partial charge in [-0.25, -0.2) is 4.39 Å². The van der Waals surface area contributed by atoms with Crippen molar-refractivity contribution in [1.29, 1.82) is 0 Å². The molecule has 0 saturated heterocycles. The lowest BCUT2D eigenvalue weighted by atomic mass is 10.1. The molecular formula is C9H9ClFNO. The number of nitrogens with two attached hydrogens (primary N) is 1. The molecule has 0 saturated carbocycles. The average molecular weight is 202 g/mol. The summed E-state index contributed by atoms with van der Waals surface area (Å²) in [5.74, 6) is -1.36. The summed E-state index contributed by atoms with van der Waals surface area (Å²) in [5.41, 5.74) is 5.80. The second-order valence-electron chi connectivity index (χ2n) is 2.56. The molecule has 70 valence electrons. The summed E-state index contributed by atoms with van der Waals surface area (Å²) >= 11 is 5.43. The Kier molecular flexibility index (Phi) is 2.90. The van der Waals surface area contributed by atoms with Crippen LogP contribution in [-0.4, -0.2) is 5.11 Å². The quantitative estimate of drug-likeness (QED) is 0.722. The van der Waals surface area contributed by atoms with Gasteiger partial charge in [0.15, 0.2) is 11.6 Å². The van der Waals surface area contributed by atoms with Crippen LogP contribution in [0.2, 0.25) is 5.02 Å². The largest absolute Gasteiger partial charge is 0.505 e. The van der Waals surface area contributed by atoms with Crippen LogP contribution in [-0.2, 0) is 0 Å². The average Bonchev–Trinajstić information content (AvgIpc) is 2.13. The first-order valence-corrected chi connectivity index (χ1v) is 4.00. The molecule has 1 aromatic rings. The van der Waals surface area contributed by atoms with Crippen LogP contribution < -0.4 is 5.73 Å². The van der Waals surface area contributed by atoms with E-state index in [-0.39, 0.29) is 10.6 Å². The number of hydrogen-bond acceptors (Lipinski definition) is 2. The molecule has 1 unspecified atom stereocenters. The number of halogens is 2. The first-order valence-electron chi connectivity index (χ1n) is 3.63. The molecule has 0 heterocycles. The second-order valence-corrected chi connectivity index (χ2v) is 2.97. The zero-order valence-electron chi connectivity index (χ0n) is 6.80. The van der Waals surface area contributed by atoms with Crippen LogP contribution in [0.1, 0.15) is 11.6 Å². The fourth-order valence-electron chi connectivity index (χ4n) is 0.951. The third-order valence-corrected chi connectivity index (χ3v) is 2.01. The number of rotatable bonds is 2. The smallest absolute Gasteiger partial charge is 0.183 e. The van der Waals surface area contributed by atoms with Crippen LogP contribution in [0, 0.1) is 5.82 Å². The number of phenols is 1. The first kappa shape index (κ1) is 10.0. The SMILES string of the molecule is C=CC(N)c1ccc(Cl)c(F)c1O. The molecule has 0 aromatic heterocycles. The normalized spacial score (nSPS) is 12.5. The van der Waals surface area contributed by atoms with Gasteiger partial charge in [-0.2, -0.15) is 0 Å². The van der Waals surface area contributed by atoms with Gasteiger partial charge in [-0.15, -0.1) is 6.58 Å². The van der Waals surface area contributed by atoms with E-state index >= 15 is 0 Å². The van der Waals surface area contributed by atoms with Gasteiger partial charge in [0.1, 0.15) is 0 Å². The highest BCUT2D eigenvalue weighted by Crippen LogP contribution is 2.30. The van der Waals surface area contributed by atoms with E-state index in [0.717, 1.165) is 0 Å². The minimum absolute atomic E-state index is 0.127. The Hall–Kier alpha value is -1.06. The zero-order valence-corrected chi connectivity index (χ0v) is 7.55. The molecule has 0 fully saturated rings. The van der Waals surface area contributed by atoms with Crippen molar-refractivity contribution in [3.05, 3.63) is 41.2 Å². The molecule has 1 rings (SSSR count). The van der Waals surface area contributed by atoms with E-state index in [2.05, 4.69) is 6.58 Å². The minimum atomic E-state index is -0.850. The standard InChI is InChI=1S/C9H9ClFNO/c1-2-7(12)5-3-4-6(10)8(11)9(5)13/h2-4,7,13H,1,12H2. The van der Waals surface area contributed by atoms with E-state index in [9.17, 15) is 9.50 Å². The molecule has 0 spiro atoms. The van der Waals surface area contributed by atoms with Crippen LogP contribution >= 0.6 is 11.6 Å². The molecule has 0 radical (unpaired) electrons. The summed E-state index contributed by atoms with van der Waals surface area (Å²) in [4.78, 5) is 0. The van der Waals surface area contributed by atoms with Gasteiger partial charge in [-0.05, 0) is 6.07 Å². The Morgan fingerprint density at radius 2 is 2.23 bits per heavy atom. The van der Waals surface area contributed by atoms with Gasteiger partial charge in [0.2, 0.25) is 0 Å². The molecule has 13 heavy (non-hydrogen) atoms. The van der Waals surface area contributed by atoms with Gasteiger partial charge in [0.25, 0.3) is 0 Å². The molecule has 1 aromatic carbocycles. The van der Waals surface area contributed by atoms with E-state index < -0.39 is 17.6 Å². The fraction of sp³-hybridized carbons (Fsp3) is 0.111. The number of phenolic OH excluding ortho intramolecular Hbond substituents is 1. The Morgan fingerprint density at radius 3 is 2.77 bits per heavy atom. The highest BCUT2D eigenvalue weighted by Gasteiger charge is 2.14. The Morgan fingerprint density at radius 1 is 1.62 bits per heavy atom. The highest BCUT2D eigenvalue weighted by atomic mass is 35.5. The molecule has 0 amide bonds. The zero-order chi connectivity index (χ0) is 10.0. The van der Waals surface area contributed by atoms with Crippen molar-refractivity contribution >= 4 is 11.6 Å². The summed E-state index contributed by atoms with van der Waals surface area (Å²) in [5, 5.41) is 9.17. The Labute approximate surface area is 80.4 Å². The minimum Gasteiger partial charge on any atom is -0.505 e. The van der Waals surface area contributed by atoms with Crippen molar-refractivity contribution in [3.63, 3.8) is 0 Å². The Bertz CT molecular complexity index is 341. The third kappa shape index (κ3) is 1.82. The summed E-state index contributed by atoms with van der Waals surface area (Å²) in [7, 11) is 0. The maximum absolute atomic E-state index is 13.0. The maximum atomic E-state index is 13.0. The Balaban J connectivity index is 3.25. The van der Waals surface area contributed by atoms with E-state index in [0.29, 0.717) is 0 Å². The third-order valence-electron chi connectivity index (χ3n) is 1.71. The summed E-state index contributed by atoms with van der Waals surface area (Å²) < 4.78 is 13.0. The molecule has 0 bridgehead atoms. The predicted octanol–water partition coefficient (Wildman–Crippen LogP) is 2.37. The van der Waals surface area contributed by atoms with E-state index in [4.69, 9.17) is 17.3 Å². The number of hydrogen-bond donors (Lipinski definition) is 2. The summed E-state index contributed by atoms with van der Waals surface area (Å²) in [6.07, 6.45) is 1.41. The van der Waals surface area contributed by atoms with Crippen molar-refractivity contribution in [2.24, 2.45) is 5.73 Å². The van der Waals surface area contributed by atoms with E-state index in [1.54, 1.807) is 0 Å². The van der Waals surface area contributed by atoms with Crippen molar-refractivity contribution < 1.29 is 9.50 Å². The monoisotopic (exact) mass is 201 g/mol. The molecular weight excluding hydrogens is 193 g/mol. The summed E-state index contributed by atoms with van der Waals surface area (Å²) in [6, 6.07) is 2.22. The maximum Gasteiger partial charge on any atom is 0.183 e. The first-order chi connectivity index (χ1) is 6.07. The van der Waals surface area contributed by atoms with Gasteiger partial charge in [-0.1, -0.05) is 23.7 Å². The topological polar surface area (TPSA) is 46.2 Å². The van der Waals surface area contributed by atoms with Gasteiger partial charge in [-0.3, -0.25) is 0 Å². The number of benzene rings is 1. The van der Waals surface area contributed by atoms with Crippen LogP contribution in [0.15, 0.2) is 24.8 Å².